The molecular formula is C13H25ClN4O2S. The van der Waals surface area contributed by atoms with Crippen molar-refractivity contribution >= 4 is 22.2 Å². The summed E-state index contributed by atoms with van der Waals surface area (Å²) in [4.78, 5) is 6.63. The van der Waals surface area contributed by atoms with E-state index < -0.39 is 9.84 Å². The maximum Gasteiger partial charge on any atom is 0.151 e. The van der Waals surface area contributed by atoms with E-state index in [-0.39, 0.29) is 30.0 Å². The molecule has 6 nitrogen and oxygen atoms in total. The summed E-state index contributed by atoms with van der Waals surface area (Å²) < 4.78 is 25.7. The van der Waals surface area contributed by atoms with Gasteiger partial charge in [-0.05, 0) is 6.42 Å². The molecule has 0 radical (unpaired) electrons. The van der Waals surface area contributed by atoms with Gasteiger partial charge < -0.3 is 9.88 Å². The second-order valence-corrected chi connectivity index (χ2v) is 7.61. The topological polar surface area (TPSA) is 67.2 Å². The summed E-state index contributed by atoms with van der Waals surface area (Å²) in [7, 11) is -0.948. The number of aryl methyl sites for hydroxylation is 1. The number of hydrogen-bond acceptors (Lipinski definition) is 5. The van der Waals surface area contributed by atoms with Crippen LogP contribution in [0.4, 0.5) is 0 Å². The highest BCUT2D eigenvalue weighted by Gasteiger charge is 2.27. The Bertz CT molecular complexity index is 532. The lowest BCUT2D eigenvalue weighted by Gasteiger charge is -2.35. The number of rotatable bonds is 6. The van der Waals surface area contributed by atoms with E-state index in [1.807, 2.05) is 24.7 Å². The molecule has 0 bridgehead atoms. The van der Waals surface area contributed by atoms with Gasteiger partial charge in [0.25, 0.3) is 0 Å². The zero-order valence-corrected chi connectivity index (χ0v) is 14.3. The smallest absolute Gasteiger partial charge is 0.151 e. The molecule has 0 aliphatic carbocycles. The molecule has 0 aromatic carbocycles. The first-order valence-electron chi connectivity index (χ1n) is 7.16. The molecule has 21 heavy (non-hydrogen) atoms. The van der Waals surface area contributed by atoms with Crippen molar-refractivity contribution in [2.75, 3.05) is 37.7 Å². The molecule has 1 aromatic rings. The Morgan fingerprint density at radius 3 is 2.81 bits per heavy atom. The molecule has 0 saturated carbocycles. The average Bonchev–Trinajstić information content (AvgIpc) is 2.83. The van der Waals surface area contributed by atoms with Crippen molar-refractivity contribution in [3.05, 3.63) is 18.2 Å². The van der Waals surface area contributed by atoms with Crippen LogP contribution in [0.3, 0.4) is 0 Å². The third-order valence-electron chi connectivity index (χ3n) is 3.72. The molecule has 122 valence electrons. The van der Waals surface area contributed by atoms with Crippen molar-refractivity contribution in [2.24, 2.45) is 7.05 Å². The van der Waals surface area contributed by atoms with E-state index in [9.17, 15) is 8.42 Å². The minimum Gasteiger partial charge on any atom is -0.337 e. The van der Waals surface area contributed by atoms with Gasteiger partial charge in [-0.3, -0.25) is 4.90 Å². The molecule has 2 rings (SSSR count). The van der Waals surface area contributed by atoms with Crippen LogP contribution in [-0.4, -0.2) is 60.6 Å². The number of aromatic nitrogens is 2. The van der Waals surface area contributed by atoms with E-state index in [0.29, 0.717) is 13.0 Å². The largest absolute Gasteiger partial charge is 0.337 e. The maximum atomic E-state index is 11.9. The number of nitrogens with zero attached hydrogens (tertiary/aromatic N) is 3. The average molecular weight is 337 g/mol. The van der Waals surface area contributed by atoms with E-state index in [2.05, 4.69) is 15.2 Å². The van der Waals surface area contributed by atoms with Crippen LogP contribution in [0.25, 0.3) is 0 Å². The summed E-state index contributed by atoms with van der Waals surface area (Å²) in [5, 5.41) is 3.36. The van der Waals surface area contributed by atoms with E-state index in [4.69, 9.17) is 0 Å². The van der Waals surface area contributed by atoms with Gasteiger partial charge in [0.2, 0.25) is 0 Å². The van der Waals surface area contributed by atoms with Gasteiger partial charge in [-0.2, -0.15) is 0 Å². The van der Waals surface area contributed by atoms with Gasteiger partial charge in [-0.1, -0.05) is 6.92 Å². The van der Waals surface area contributed by atoms with Crippen LogP contribution in [0.1, 0.15) is 25.2 Å². The monoisotopic (exact) mass is 336 g/mol. The van der Waals surface area contributed by atoms with Crippen molar-refractivity contribution < 1.29 is 8.42 Å². The number of nitrogens with one attached hydrogen (secondary N) is 1. The summed E-state index contributed by atoms with van der Waals surface area (Å²) in [6.07, 6.45) is 4.40. The quantitative estimate of drug-likeness (QED) is 0.824. The molecule has 1 N–H and O–H groups in total. The highest BCUT2D eigenvalue weighted by Crippen LogP contribution is 2.20. The van der Waals surface area contributed by atoms with Crippen molar-refractivity contribution in [1.29, 1.82) is 0 Å². The molecule has 1 fully saturated rings. The number of halogens is 1. The first-order valence-corrected chi connectivity index (χ1v) is 8.98. The lowest BCUT2D eigenvalue weighted by molar-refractivity contribution is 0.162. The lowest BCUT2D eigenvalue weighted by atomic mass is 10.2. The van der Waals surface area contributed by atoms with Crippen molar-refractivity contribution in [3.63, 3.8) is 0 Å². The molecule has 8 heteroatoms. The Morgan fingerprint density at radius 1 is 1.43 bits per heavy atom. The number of piperazine rings is 1. The zero-order valence-electron chi connectivity index (χ0n) is 12.7. The van der Waals surface area contributed by atoms with Gasteiger partial charge in [0.05, 0.1) is 11.8 Å². The van der Waals surface area contributed by atoms with E-state index in [1.54, 1.807) is 6.20 Å². The van der Waals surface area contributed by atoms with Gasteiger partial charge in [0, 0.05) is 51.4 Å². The van der Waals surface area contributed by atoms with E-state index in [0.717, 1.165) is 25.5 Å². The van der Waals surface area contributed by atoms with Crippen molar-refractivity contribution in [2.45, 2.75) is 19.4 Å². The fraction of sp³-hybridized carbons (Fsp3) is 0.769. The molecule has 0 spiro atoms. The highest BCUT2D eigenvalue weighted by molar-refractivity contribution is 7.91. The fourth-order valence-corrected chi connectivity index (χ4v) is 3.98. The minimum atomic E-state index is -2.92. The van der Waals surface area contributed by atoms with Gasteiger partial charge in [-0.15, -0.1) is 12.4 Å². The van der Waals surface area contributed by atoms with Crippen LogP contribution < -0.4 is 5.32 Å². The first kappa shape index (κ1) is 18.4. The highest BCUT2D eigenvalue weighted by atomic mass is 35.5. The lowest BCUT2D eigenvalue weighted by Crippen LogP contribution is -2.48. The van der Waals surface area contributed by atoms with Gasteiger partial charge >= 0.3 is 0 Å². The third-order valence-corrected chi connectivity index (χ3v) is 5.55. The van der Waals surface area contributed by atoms with E-state index >= 15 is 0 Å². The molecule has 1 atom stereocenters. The van der Waals surface area contributed by atoms with Crippen LogP contribution >= 0.6 is 12.4 Å². The van der Waals surface area contributed by atoms with Crippen LogP contribution in [0, 0.1) is 0 Å². The summed E-state index contributed by atoms with van der Waals surface area (Å²) in [6, 6.07) is 0.153. The Kier molecular flexibility index (Phi) is 7.12. The predicted molar refractivity (Wildman–Crippen MR) is 86.6 cm³/mol. The van der Waals surface area contributed by atoms with E-state index in [1.165, 1.54) is 0 Å². The summed E-state index contributed by atoms with van der Waals surface area (Å²) >= 11 is 0. The second-order valence-electron chi connectivity index (χ2n) is 5.30. The Hall–Kier alpha value is -0.630. The Labute approximate surface area is 133 Å². The SMILES string of the molecule is CCCS(=O)(=O)CCN1CCNCC1c1nccn1C.Cl. The number of imidazole rings is 1. The van der Waals surface area contributed by atoms with Crippen LogP contribution in [0.15, 0.2) is 12.4 Å². The molecule has 1 saturated heterocycles. The van der Waals surface area contributed by atoms with Crippen molar-refractivity contribution in [3.8, 4) is 0 Å². The molecule has 1 unspecified atom stereocenters. The van der Waals surface area contributed by atoms with Gasteiger partial charge in [0.1, 0.15) is 5.82 Å². The molecule has 2 heterocycles. The second kappa shape index (κ2) is 8.12. The summed E-state index contributed by atoms with van der Waals surface area (Å²) in [6.45, 7) is 5.06. The van der Waals surface area contributed by atoms with Gasteiger partial charge in [0.15, 0.2) is 9.84 Å². The fourth-order valence-electron chi connectivity index (χ4n) is 2.64. The summed E-state index contributed by atoms with van der Waals surface area (Å²) in [5.41, 5.74) is 0. The molecule has 1 aliphatic rings. The minimum absolute atomic E-state index is 0. The predicted octanol–water partition coefficient (Wildman–Crippen LogP) is 0.613. The first-order chi connectivity index (χ1) is 9.53. The van der Waals surface area contributed by atoms with Crippen LogP contribution in [0.2, 0.25) is 0 Å². The normalized spacial score (nSPS) is 20.2. The Balaban J connectivity index is 0.00000220. The van der Waals surface area contributed by atoms with Crippen LogP contribution in [-0.2, 0) is 16.9 Å². The molecule has 1 aromatic heterocycles. The van der Waals surface area contributed by atoms with Crippen LogP contribution in [0.5, 0.6) is 0 Å². The molecular weight excluding hydrogens is 312 g/mol. The zero-order chi connectivity index (χ0) is 14.6. The van der Waals surface area contributed by atoms with Gasteiger partial charge in [-0.25, -0.2) is 13.4 Å². The Morgan fingerprint density at radius 2 is 2.19 bits per heavy atom. The molecule has 1 aliphatic heterocycles. The standard InChI is InChI=1S/C13H24N4O2S.ClH/c1-3-9-20(18,19)10-8-17-7-4-14-11-12(17)13-15-5-6-16(13)2;/h5-6,12,14H,3-4,7-11H2,1-2H3;1H. The van der Waals surface area contributed by atoms with Crippen molar-refractivity contribution in [1.82, 2.24) is 19.8 Å². The maximum absolute atomic E-state index is 11.9. The number of hydrogen-bond donors (Lipinski definition) is 1. The third kappa shape index (κ3) is 4.95. The number of sulfone groups is 1. The molecule has 0 amide bonds. The summed E-state index contributed by atoms with van der Waals surface area (Å²) in [5.74, 6) is 1.51.